The molecule has 0 spiro atoms. The number of carbonyl (C=O) groups is 2. The molecule has 1 atom stereocenters. The third-order valence-corrected chi connectivity index (χ3v) is 7.25. The molecule has 1 amide bonds. The molecule has 2 aromatic rings. The van der Waals surface area contributed by atoms with Crippen LogP contribution in [0.25, 0.3) is 10.2 Å². The number of hydrogen-bond donors (Lipinski definition) is 1. The summed E-state index contributed by atoms with van der Waals surface area (Å²) in [6.45, 7) is 7.52. The van der Waals surface area contributed by atoms with Gasteiger partial charge in [-0.3, -0.25) is 9.59 Å². The molecular weight excluding hydrogens is 388 g/mol. The minimum Gasteiger partial charge on any atom is -0.455 e. The van der Waals surface area contributed by atoms with E-state index in [0.717, 1.165) is 29.1 Å². The molecule has 156 valence electrons. The third-order valence-electron chi connectivity index (χ3n) is 6.14. The molecule has 1 saturated heterocycles. The summed E-state index contributed by atoms with van der Waals surface area (Å²) in [5, 5.41) is 4.04. The fourth-order valence-electron chi connectivity index (χ4n) is 3.99. The summed E-state index contributed by atoms with van der Waals surface area (Å²) in [5.74, 6) is 0.902. The second kappa shape index (κ2) is 8.26. The van der Waals surface area contributed by atoms with Gasteiger partial charge in [-0.1, -0.05) is 0 Å². The number of aryl methyl sites for hydroxylation is 2. The zero-order valence-corrected chi connectivity index (χ0v) is 18.1. The number of fused-ring (bicyclic) bond motifs is 1. The van der Waals surface area contributed by atoms with Crippen LogP contribution < -0.4 is 10.2 Å². The number of thiophene rings is 1. The summed E-state index contributed by atoms with van der Waals surface area (Å²) in [7, 11) is 0. The van der Waals surface area contributed by atoms with Gasteiger partial charge in [-0.25, -0.2) is 9.97 Å². The number of rotatable bonds is 6. The Morgan fingerprint density at radius 2 is 1.97 bits per heavy atom. The molecule has 1 N–H and O–H groups in total. The van der Waals surface area contributed by atoms with Gasteiger partial charge in [0, 0.05) is 24.0 Å². The van der Waals surface area contributed by atoms with E-state index in [-0.39, 0.29) is 30.4 Å². The lowest BCUT2D eigenvalue weighted by Gasteiger charge is -2.32. The highest BCUT2D eigenvalue weighted by molar-refractivity contribution is 7.18. The van der Waals surface area contributed by atoms with E-state index < -0.39 is 0 Å². The molecule has 1 aliphatic heterocycles. The normalized spacial score (nSPS) is 18.7. The van der Waals surface area contributed by atoms with E-state index in [9.17, 15) is 9.59 Å². The molecule has 0 radical (unpaired) electrons. The lowest BCUT2D eigenvalue weighted by Crippen LogP contribution is -2.40. The Morgan fingerprint density at radius 3 is 2.66 bits per heavy atom. The Labute approximate surface area is 174 Å². The summed E-state index contributed by atoms with van der Waals surface area (Å²) in [4.78, 5) is 37.8. The van der Waals surface area contributed by atoms with Gasteiger partial charge in [0.2, 0.25) is 0 Å². The van der Waals surface area contributed by atoms with E-state index >= 15 is 0 Å². The topological polar surface area (TPSA) is 84.4 Å². The number of nitrogens with zero attached hydrogens (tertiary/aromatic N) is 3. The van der Waals surface area contributed by atoms with Gasteiger partial charge in [-0.2, -0.15) is 0 Å². The van der Waals surface area contributed by atoms with Crippen LogP contribution in [-0.4, -0.2) is 47.6 Å². The Balaban J connectivity index is 1.30. The van der Waals surface area contributed by atoms with Crippen molar-refractivity contribution < 1.29 is 14.3 Å². The number of hydrogen-bond acceptors (Lipinski definition) is 7. The molecular formula is C21H28N4O3S. The van der Waals surface area contributed by atoms with Crippen LogP contribution in [0.2, 0.25) is 0 Å². The number of esters is 1. The largest absolute Gasteiger partial charge is 0.455 e. The molecule has 7 nitrogen and oxygen atoms in total. The number of aromatic nitrogens is 2. The van der Waals surface area contributed by atoms with Gasteiger partial charge in [-0.05, 0) is 57.9 Å². The number of carbonyl (C=O) groups excluding carboxylic acids is 2. The summed E-state index contributed by atoms with van der Waals surface area (Å²) in [6.07, 6.45) is 5.36. The second-order valence-corrected chi connectivity index (χ2v) is 9.43. The molecule has 1 aliphatic carbocycles. The van der Waals surface area contributed by atoms with Crippen LogP contribution >= 0.6 is 11.3 Å². The highest BCUT2D eigenvalue weighted by atomic mass is 32.1. The second-order valence-electron chi connectivity index (χ2n) is 8.22. The number of anilines is 1. The van der Waals surface area contributed by atoms with Crippen LogP contribution in [0, 0.1) is 25.7 Å². The Hall–Kier alpha value is -2.22. The summed E-state index contributed by atoms with van der Waals surface area (Å²) < 4.78 is 5.28. The van der Waals surface area contributed by atoms with Crippen LogP contribution in [0.5, 0.6) is 0 Å². The maximum atomic E-state index is 12.4. The molecule has 4 rings (SSSR count). The minimum absolute atomic E-state index is 0.164. The number of amides is 1. The van der Waals surface area contributed by atoms with Crippen LogP contribution in [0.3, 0.4) is 0 Å². The van der Waals surface area contributed by atoms with Gasteiger partial charge in [0.25, 0.3) is 5.91 Å². The van der Waals surface area contributed by atoms with E-state index in [4.69, 9.17) is 4.74 Å². The van der Waals surface area contributed by atoms with Crippen LogP contribution in [0.4, 0.5) is 5.82 Å². The standard InChI is InChI=1S/C21H28N4O3S/c1-12-14(3)29-20-18(12)19(22-11-23-20)25-8-6-16(7-9-25)21(27)28-10-17(26)24-13(2)15-4-5-15/h11,13,15-16H,4-10H2,1-3H3,(H,24,26)/t13-/m1/s1. The first-order chi connectivity index (χ1) is 13.9. The predicted octanol–water partition coefficient (Wildman–Crippen LogP) is 2.98. The van der Waals surface area contributed by atoms with Gasteiger partial charge >= 0.3 is 5.97 Å². The molecule has 3 heterocycles. The molecule has 2 fully saturated rings. The van der Waals surface area contributed by atoms with Gasteiger partial charge < -0.3 is 15.0 Å². The van der Waals surface area contributed by atoms with E-state index in [2.05, 4.69) is 34.0 Å². The van der Waals surface area contributed by atoms with Gasteiger partial charge in [0.1, 0.15) is 17.0 Å². The molecule has 1 saturated carbocycles. The van der Waals surface area contributed by atoms with Crippen LogP contribution in [0.1, 0.15) is 43.0 Å². The van der Waals surface area contributed by atoms with Crippen molar-refractivity contribution in [1.29, 1.82) is 0 Å². The molecule has 0 aromatic carbocycles. The van der Waals surface area contributed by atoms with Crippen molar-refractivity contribution in [3.63, 3.8) is 0 Å². The Kier molecular flexibility index (Phi) is 5.72. The molecule has 2 aliphatic rings. The van der Waals surface area contributed by atoms with Crippen molar-refractivity contribution in [3.05, 3.63) is 16.8 Å². The van der Waals surface area contributed by atoms with Crippen LogP contribution in [-0.2, 0) is 14.3 Å². The first kappa shape index (κ1) is 20.1. The van der Waals surface area contributed by atoms with Gasteiger partial charge in [0.05, 0.1) is 11.3 Å². The predicted molar refractivity (Wildman–Crippen MR) is 113 cm³/mol. The SMILES string of the molecule is Cc1sc2ncnc(N3CCC(C(=O)OCC(=O)N[C@H](C)C4CC4)CC3)c2c1C. The van der Waals surface area contributed by atoms with E-state index in [1.54, 1.807) is 17.7 Å². The van der Waals surface area contributed by atoms with E-state index in [1.807, 2.05) is 6.92 Å². The quantitative estimate of drug-likeness (QED) is 0.729. The summed E-state index contributed by atoms with van der Waals surface area (Å²) >= 11 is 1.69. The van der Waals surface area contributed by atoms with Crippen LogP contribution in [0.15, 0.2) is 6.33 Å². The monoisotopic (exact) mass is 416 g/mol. The maximum absolute atomic E-state index is 12.4. The highest BCUT2D eigenvalue weighted by Crippen LogP contribution is 2.35. The van der Waals surface area contributed by atoms with Crippen molar-refractivity contribution in [3.8, 4) is 0 Å². The van der Waals surface area contributed by atoms with E-state index in [1.165, 1.54) is 23.3 Å². The first-order valence-corrected chi connectivity index (χ1v) is 11.2. The number of ether oxygens (including phenoxy) is 1. The van der Waals surface area contributed by atoms with Crippen molar-refractivity contribution in [2.45, 2.75) is 52.5 Å². The molecule has 0 bridgehead atoms. The third kappa shape index (κ3) is 4.37. The fraction of sp³-hybridized carbons (Fsp3) is 0.619. The first-order valence-electron chi connectivity index (χ1n) is 10.4. The summed E-state index contributed by atoms with van der Waals surface area (Å²) in [6, 6.07) is 0.165. The van der Waals surface area contributed by atoms with Crippen molar-refractivity contribution in [2.24, 2.45) is 11.8 Å². The summed E-state index contributed by atoms with van der Waals surface area (Å²) in [5.41, 5.74) is 1.23. The smallest absolute Gasteiger partial charge is 0.309 e. The van der Waals surface area contributed by atoms with Crippen molar-refractivity contribution >= 4 is 39.2 Å². The fourth-order valence-corrected chi connectivity index (χ4v) is 4.99. The molecule has 8 heteroatoms. The molecule has 0 unspecified atom stereocenters. The Morgan fingerprint density at radius 1 is 1.24 bits per heavy atom. The Bertz CT molecular complexity index is 916. The zero-order chi connectivity index (χ0) is 20.5. The number of nitrogens with one attached hydrogen (secondary N) is 1. The lowest BCUT2D eigenvalue weighted by molar-refractivity contribution is -0.153. The average Bonchev–Trinajstić information content (AvgIpc) is 3.53. The highest BCUT2D eigenvalue weighted by Gasteiger charge is 2.30. The molecule has 2 aromatic heterocycles. The van der Waals surface area contributed by atoms with E-state index in [0.29, 0.717) is 18.8 Å². The van der Waals surface area contributed by atoms with Crippen molar-refractivity contribution in [1.82, 2.24) is 15.3 Å². The zero-order valence-electron chi connectivity index (χ0n) is 17.2. The van der Waals surface area contributed by atoms with Crippen molar-refractivity contribution in [2.75, 3.05) is 24.6 Å². The maximum Gasteiger partial charge on any atom is 0.309 e. The lowest BCUT2D eigenvalue weighted by atomic mass is 9.97. The average molecular weight is 417 g/mol. The van der Waals surface area contributed by atoms with Gasteiger partial charge in [0.15, 0.2) is 6.61 Å². The number of piperidine rings is 1. The van der Waals surface area contributed by atoms with Gasteiger partial charge in [-0.15, -0.1) is 11.3 Å². The molecule has 29 heavy (non-hydrogen) atoms. The minimum atomic E-state index is -0.269.